The number of piperazine rings is 1. The molecule has 2 fully saturated rings. The summed E-state index contributed by atoms with van der Waals surface area (Å²) in [6.45, 7) is 13.4. The van der Waals surface area contributed by atoms with E-state index in [4.69, 9.17) is 0 Å². The minimum absolute atomic E-state index is 0.222. The van der Waals surface area contributed by atoms with Crippen LogP contribution in [0.5, 0.6) is 0 Å². The van der Waals surface area contributed by atoms with Gasteiger partial charge in [0, 0.05) is 45.2 Å². The molecule has 2 aliphatic heterocycles. The molecule has 1 unspecified atom stereocenters. The highest BCUT2D eigenvalue weighted by Crippen LogP contribution is 2.08. The van der Waals surface area contributed by atoms with Gasteiger partial charge in [-0.05, 0) is 6.42 Å². The van der Waals surface area contributed by atoms with Gasteiger partial charge in [-0.15, -0.1) is 0 Å². The molecule has 1 atom stereocenters. The van der Waals surface area contributed by atoms with E-state index in [-0.39, 0.29) is 5.91 Å². The molecule has 2 aliphatic rings. The van der Waals surface area contributed by atoms with Gasteiger partial charge in [0.1, 0.15) is 0 Å². The molecule has 2 heterocycles. The van der Waals surface area contributed by atoms with Crippen LogP contribution in [0.1, 0.15) is 40.5 Å². The Morgan fingerprint density at radius 1 is 1.18 bits per heavy atom. The topological polar surface area (TPSA) is 44.4 Å². The third kappa shape index (κ3) is 6.64. The molecule has 1 amide bonds. The van der Waals surface area contributed by atoms with Crippen LogP contribution in [0.3, 0.4) is 0 Å². The average Bonchev–Trinajstić information content (AvgIpc) is 2.81. The Kier molecular flexibility index (Phi) is 10.2. The first-order valence-corrected chi connectivity index (χ1v) is 7.07. The fourth-order valence-electron chi connectivity index (χ4n) is 2.02. The van der Waals surface area contributed by atoms with Crippen LogP contribution in [0.15, 0.2) is 0 Å². The molecule has 2 saturated heterocycles. The second kappa shape index (κ2) is 10.5. The van der Waals surface area contributed by atoms with E-state index >= 15 is 0 Å². The number of hydrogen-bond donors (Lipinski definition) is 2. The molecule has 0 aromatic carbocycles. The van der Waals surface area contributed by atoms with E-state index < -0.39 is 0 Å². The Bertz CT molecular complexity index is 191. The summed E-state index contributed by atoms with van der Waals surface area (Å²) in [5.41, 5.74) is 0. The zero-order valence-corrected chi connectivity index (χ0v) is 11.9. The number of carbonyl (C=O) groups is 1. The Morgan fingerprint density at radius 3 is 2.24 bits per heavy atom. The monoisotopic (exact) mass is 243 g/mol. The summed E-state index contributed by atoms with van der Waals surface area (Å²) >= 11 is 0. The van der Waals surface area contributed by atoms with Crippen LogP contribution in [0.2, 0.25) is 0 Å². The summed E-state index contributed by atoms with van der Waals surface area (Å²) in [4.78, 5) is 13.4. The van der Waals surface area contributed by atoms with Crippen molar-refractivity contribution in [3.8, 4) is 0 Å². The highest BCUT2D eigenvalue weighted by molar-refractivity contribution is 5.78. The lowest BCUT2D eigenvalue weighted by atomic mass is 10.2. The highest BCUT2D eigenvalue weighted by atomic mass is 16.1. The van der Waals surface area contributed by atoms with Gasteiger partial charge in [-0.3, -0.25) is 9.69 Å². The molecule has 4 nitrogen and oxygen atoms in total. The van der Waals surface area contributed by atoms with E-state index in [0.29, 0.717) is 6.04 Å². The molecular formula is C13H29N3O. The maximum Gasteiger partial charge on any atom is 0.220 e. The standard InChI is InChI=1S/C9H17N3O.2C2H6/c13-9-2-1-8(11-9)7-12-5-3-10-4-6-12;2*1-2/h8,10H,1-7H2,(H,11,13);2*1-2H3. The van der Waals surface area contributed by atoms with Crippen molar-refractivity contribution < 1.29 is 4.79 Å². The Morgan fingerprint density at radius 2 is 1.76 bits per heavy atom. The number of nitrogens with one attached hydrogen (secondary N) is 2. The Hall–Kier alpha value is -0.610. The molecule has 0 spiro atoms. The van der Waals surface area contributed by atoms with Crippen molar-refractivity contribution in [1.29, 1.82) is 0 Å². The fourth-order valence-corrected chi connectivity index (χ4v) is 2.02. The maximum absolute atomic E-state index is 11.0. The zero-order valence-electron chi connectivity index (χ0n) is 11.9. The minimum atomic E-state index is 0.222. The zero-order chi connectivity index (χ0) is 13.1. The van der Waals surface area contributed by atoms with E-state index in [9.17, 15) is 4.79 Å². The number of carbonyl (C=O) groups excluding carboxylic acids is 1. The normalized spacial score (nSPS) is 24.0. The van der Waals surface area contributed by atoms with Crippen LogP contribution in [-0.4, -0.2) is 49.6 Å². The van der Waals surface area contributed by atoms with Crippen molar-refractivity contribution in [1.82, 2.24) is 15.5 Å². The average molecular weight is 243 g/mol. The molecule has 0 radical (unpaired) electrons. The van der Waals surface area contributed by atoms with Gasteiger partial charge < -0.3 is 10.6 Å². The van der Waals surface area contributed by atoms with Gasteiger partial charge in [0.2, 0.25) is 5.91 Å². The molecule has 17 heavy (non-hydrogen) atoms. The number of amides is 1. The molecule has 4 heteroatoms. The van der Waals surface area contributed by atoms with Crippen LogP contribution in [-0.2, 0) is 4.79 Å². The van der Waals surface area contributed by atoms with E-state index in [0.717, 1.165) is 45.6 Å². The minimum Gasteiger partial charge on any atom is -0.352 e. The summed E-state index contributed by atoms with van der Waals surface area (Å²) in [5, 5.41) is 6.32. The van der Waals surface area contributed by atoms with Crippen LogP contribution in [0.25, 0.3) is 0 Å². The molecule has 0 aromatic heterocycles. The number of nitrogens with zero attached hydrogens (tertiary/aromatic N) is 1. The molecule has 0 saturated carbocycles. The van der Waals surface area contributed by atoms with Crippen LogP contribution in [0, 0.1) is 0 Å². The molecule has 2 rings (SSSR count). The Labute approximate surface area is 106 Å². The summed E-state index contributed by atoms with van der Waals surface area (Å²) in [7, 11) is 0. The van der Waals surface area contributed by atoms with Gasteiger partial charge in [-0.25, -0.2) is 0 Å². The lowest BCUT2D eigenvalue weighted by Gasteiger charge is -2.29. The lowest BCUT2D eigenvalue weighted by Crippen LogP contribution is -2.48. The largest absolute Gasteiger partial charge is 0.352 e. The number of rotatable bonds is 2. The van der Waals surface area contributed by atoms with Crippen molar-refractivity contribution in [2.24, 2.45) is 0 Å². The summed E-state index contributed by atoms with van der Waals surface area (Å²) in [6.07, 6.45) is 1.74. The lowest BCUT2D eigenvalue weighted by molar-refractivity contribution is -0.119. The predicted molar refractivity (Wildman–Crippen MR) is 73.2 cm³/mol. The SMILES string of the molecule is CC.CC.O=C1CCC(CN2CCNCC2)N1. The van der Waals surface area contributed by atoms with Crippen molar-refractivity contribution in [2.75, 3.05) is 32.7 Å². The van der Waals surface area contributed by atoms with Gasteiger partial charge in [-0.1, -0.05) is 27.7 Å². The van der Waals surface area contributed by atoms with Gasteiger partial charge in [0.15, 0.2) is 0 Å². The van der Waals surface area contributed by atoms with Crippen LogP contribution in [0.4, 0.5) is 0 Å². The van der Waals surface area contributed by atoms with Crippen molar-refractivity contribution >= 4 is 5.91 Å². The van der Waals surface area contributed by atoms with E-state index in [1.807, 2.05) is 27.7 Å². The third-order valence-corrected chi connectivity index (χ3v) is 2.77. The van der Waals surface area contributed by atoms with E-state index in [2.05, 4.69) is 15.5 Å². The van der Waals surface area contributed by atoms with Gasteiger partial charge in [0.05, 0.1) is 0 Å². The van der Waals surface area contributed by atoms with Crippen LogP contribution < -0.4 is 10.6 Å². The summed E-state index contributed by atoms with van der Waals surface area (Å²) in [5.74, 6) is 0.222. The quantitative estimate of drug-likeness (QED) is 0.766. The summed E-state index contributed by atoms with van der Waals surface area (Å²) < 4.78 is 0. The van der Waals surface area contributed by atoms with Gasteiger partial charge in [0.25, 0.3) is 0 Å². The highest BCUT2D eigenvalue weighted by Gasteiger charge is 2.23. The van der Waals surface area contributed by atoms with Gasteiger partial charge in [-0.2, -0.15) is 0 Å². The van der Waals surface area contributed by atoms with Crippen molar-refractivity contribution in [3.05, 3.63) is 0 Å². The van der Waals surface area contributed by atoms with Crippen molar-refractivity contribution in [2.45, 2.75) is 46.6 Å². The fraction of sp³-hybridized carbons (Fsp3) is 0.923. The molecule has 2 N–H and O–H groups in total. The van der Waals surface area contributed by atoms with Crippen molar-refractivity contribution in [3.63, 3.8) is 0 Å². The molecular weight excluding hydrogens is 214 g/mol. The molecule has 0 bridgehead atoms. The van der Waals surface area contributed by atoms with Crippen LogP contribution >= 0.6 is 0 Å². The summed E-state index contributed by atoms with van der Waals surface area (Å²) in [6, 6.07) is 0.408. The first kappa shape index (κ1) is 16.4. The number of hydrogen-bond acceptors (Lipinski definition) is 3. The predicted octanol–water partition coefficient (Wildman–Crippen LogP) is 1.22. The van der Waals surface area contributed by atoms with E-state index in [1.54, 1.807) is 0 Å². The Balaban J connectivity index is 0.000000581. The van der Waals surface area contributed by atoms with E-state index in [1.165, 1.54) is 0 Å². The molecule has 0 aromatic rings. The first-order valence-electron chi connectivity index (χ1n) is 7.07. The smallest absolute Gasteiger partial charge is 0.220 e. The third-order valence-electron chi connectivity index (χ3n) is 2.77. The molecule has 0 aliphatic carbocycles. The molecule has 102 valence electrons. The second-order valence-corrected chi connectivity index (χ2v) is 3.85. The second-order valence-electron chi connectivity index (χ2n) is 3.85. The first-order chi connectivity index (χ1) is 8.34. The van der Waals surface area contributed by atoms with Gasteiger partial charge >= 0.3 is 0 Å². The maximum atomic E-state index is 11.0.